The number of hydrogen-bond donors (Lipinski definition) is 1. The van der Waals surface area contributed by atoms with Gasteiger partial charge in [0.1, 0.15) is 28.2 Å². The second-order valence-corrected chi connectivity index (χ2v) is 3.79. The Balaban J connectivity index is 2.31. The van der Waals surface area contributed by atoms with Crippen LogP contribution in [-0.4, -0.2) is 15.9 Å². The van der Waals surface area contributed by atoms with E-state index < -0.39 is 28.9 Å². The molecule has 0 saturated carbocycles. The predicted molar refractivity (Wildman–Crippen MR) is 61.3 cm³/mol. The summed E-state index contributed by atoms with van der Waals surface area (Å²) in [7, 11) is 0. The zero-order chi connectivity index (χ0) is 14.0. The van der Waals surface area contributed by atoms with Gasteiger partial charge in [-0.15, -0.1) is 0 Å². The van der Waals surface area contributed by atoms with Gasteiger partial charge in [-0.25, -0.2) is 23.1 Å². The van der Waals surface area contributed by atoms with Crippen LogP contribution in [0.5, 0.6) is 0 Å². The van der Waals surface area contributed by atoms with E-state index in [0.29, 0.717) is 12.1 Å². The van der Waals surface area contributed by atoms with Crippen LogP contribution in [-0.2, 0) is 0 Å². The topological polar surface area (TPSA) is 54.9 Å². The summed E-state index contributed by atoms with van der Waals surface area (Å²) >= 11 is 5.56. The Labute approximate surface area is 110 Å². The van der Waals surface area contributed by atoms with Crippen LogP contribution in [0.3, 0.4) is 0 Å². The van der Waals surface area contributed by atoms with Gasteiger partial charge < -0.3 is 0 Å². The predicted octanol–water partition coefficient (Wildman–Crippen LogP) is 2.80. The molecular weight excluding hydrogens is 283 g/mol. The average molecular weight is 288 g/mol. The summed E-state index contributed by atoms with van der Waals surface area (Å²) in [5, 5.41) is 2.10. The first-order valence-corrected chi connectivity index (χ1v) is 5.29. The van der Waals surface area contributed by atoms with E-state index in [4.69, 9.17) is 11.6 Å². The second kappa shape index (κ2) is 5.23. The summed E-state index contributed by atoms with van der Waals surface area (Å²) in [6, 6.07) is 2.16. The quantitative estimate of drug-likeness (QED) is 0.864. The summed E-state index contributed by atoms with van der Waals surface area (Å²) in [5.74, 6) is -5.13. The number of benzene rings is 1. The van der Waals surface area contributed by atoms with Gasteiger partial charge in [0, 0.05) is 18.3 Å². The summed E-state index contributed by atoms with van der Waals surface area (Å²) < 4.78 is 39.4. The minimum absolute atomic E-state index is 0.0466. The highest BCUT2D eigenvalue weighted by Crippen LogP contribution is 2.16. The van der Waals surface area contributed by atoms with Crippen molar-refractivity contribution >= 4 is 23.5 Å². The third-order valence-corrected chi connectivity index (χ3v) is 2.29. The van der Waals surface area contributed by atoms with Crippen LogP contribution in [0.1, 0.15) is 10.4 Å². The Morgan fingerprint density at radius 1 is 1.21 bits per heavy atom. The van der Waals surface area contributed by atoms with Gasteiger partial charge in [-0.2, -0.15) is 0 Å². The molecule has 2 rings (SSSR count). The minimum Gasteiger partial charge on any atom is -0.290 e. The fourth-order valence-corrected chi connectivity index (χ4v) is 1.46. The van der Waals surface area contributed by atoms with E-state index in [0.717, 1.165) is 0 Å². The maximum Gasteiger partial charge on any atom is 0.263 e. The number of carbonyl (C=O) groups is 1. The molecular formula is C11H5ClF3N3O. The molecule has 19 heavy (non-hydrogen) atoms. The molecule has 1 heterocycles. The maximum absolute atomic E-state index is 13.3. The smallest absolute Gasteiger partial charge is 0.263 e. The molecule has 0 aliphatic rings. The molecule has 4 nitrogen and oxygen atoms in total. The van der Waals surface area contributed by atoms with Gasteiger partial charge in [-0.05, 0) is 6.07 Å². The van der Waals surface area contributed by atoms with Gasteiger partial charge in [0.05, 0.1) is 0 Å². The lowest BCUT2D eigenvalue weighted by Crippen LogP contribution is -2.17. The number of amides is 1. The van der Waals surface area contributed by atoms with Crippen molar-refractivity contribution in [2.75, 3.05) is 5.32 Å². The molecule has 2 aromatic rings. The van der Waals surface area contributed by atoms with Gasteiger partial charge >= 0.3 is 0 Å². The van der Waals surface area contributed by atoms with Crippen LogP contribution in [0.4, 0.5) is 19.1 Å². The molecule has 0 aliphatic heterocycles. The van der Waals surface area contributed by atoms with Crippen molar-refractivity contribution in [3.8, 4) is 0 Å². The van der Waals surface area contributed by atoms with E-state index in [-0.39, 0.29) is 11.1 Å². The van der Waals surface area contributed by atoms with Crippen LogP contribution in [0.15, 0.2) is 24.4 Å². The Hall–Kier alpha value is -2.15. The van der Waals surface area contributed by atoms with Gasteiger partial charge in [-0.3, -0.25) is 10.1 Å². The first-order chi connectivity index (χ1) is 8.97. The van der Waals surface area contributed by atoms with Crippen molar-refractivity contribution in [3.05, 3.63) is 52.6 Å². The number of rotatable bonds is 2. The van der Waals surface area contributed by atoms with Gasteiger partial charge in [0.2, 0.25) is 5.95 Å². The Kier molecular flexibility index (Phi) is 3.66. The first kappa shape index (κ1) is 13.3. The maximum atomic E-state index is 13.3. The van der Waals surface area contributed by atoms with Crippen LogP contribution >= 0.6 is 11.6 Å². The summed E-state index contributed by atoms with van der Waals surface area (Å²) in [6.45, 7) is 0. The van der Waals surface area contributed by atoms with E-state index in [1.165, 1.54) is 12.3 Å². The number of anilines is 1. The van der Waals surface area contributed by atoms with Gasteiger partial charge in [0.25, 0.3) is 5.91 Å². The van der Waals surface area contributed by atoms with Gasteiger partial charge in [-0.1, -0.05) is 11.6 Å². The monoisotopic (exact) mass is 287 g/mol. The second-order valence-electron chi connectivity index (χ2n) is 3.40. The van der Waals surface area contributed by atoms with Crippen molar-refractivity contribution in [2.45, 2.75) is 0 Å². The van der Waals surface area contributed by atoms with Gasteiger partial charge in [0.15, 0.2) is 0 Å². The number of carbonyl (C=O) groups excluding carboxylic acids is 1. The number of nitrogens with one attached hydrogen (secondary N) is 1. The molecule has 0 radical (unpaired) electrons. The van der Waals surface area contributed by atoms with Crippen molar-refractivity contribution in [1.82, 2.24) is 9.97 Å². The molecule has 0 bridgehead atoms. The molecule has 1 aromatic heterocycles. The number of aromatic nitrogens is 2. The van der Waals surface area contributed by atoms with Crippen LogP contribution < -0.4 is 5.32 Å². The molecule has 98 valence electrons. The normalized spacial score (nSPS) is 10.3. The van der Waals surface area contributed by atoms with Crippen LogP contribution in [0.2, 0.25) is 5.15 Å². The molecule has 0 atom stereocenters. The Morgan fingerprint density at radius 2 is 1.84 bits per heavy atom. The number of hydrogen-bond acceptors (Lipinski definition) is 3. The van der Waals surface area contributed by atoms with E-state index in [2.05, 4.69) is 15.3 Å². The first-order valence-electron chi connectivity index (χ1n) is 4.92. The molecule has 0 spiro atoms. The lowest BCUT2D eigenvalue weighted by molar-refractivity contribution is 0.101. The molecule has 1 N–H and O–H groups in total. The molecule has 0 fully saturated rings. The van der Waals surface area contributed by atoms with E-state index in [1.807, 2.05) is 0 Å². The molecule has 0 unspecified atom stereocenters. The average Bonchev–Trinajstić information content (AvgIpc) is 2.27. The van der Waals surface area contributed by atoms with Crippen molar-refractivity contribution in [2.24, 2.45) is 0 Å². The fourth-order valence-electron chi connectivity index (χ4n) is 1.32. The van der Waals surface area contributed by atoms with Crippen LogP contribution in [0, 0.1) is 17.5 Å². The standard InChI is InChI=1S/C11H5ClF3N3O/c12-8-1-2-16-11(17-8)18-10(19)9-6(14)3-5(13)4-7(9)15/h1-4H,(H,16,17,18,19). The SMILES string of the molecule is O=C(Nc1nccc(Cl)n1)c1c(F)cc(F)cc1F. The zero-order valence-corrected chi connectivity index (χ0v) is 9.88. The summed E-state index contributed by atoms with van der Waals surface area (Å²) in [6.07, 6.45) is 1.25. The number of halogens is 4. The van der Waals surface area contributed by atoms with E-state index >= 15 is 0 Å². The summed E-state index contributed by atoms with van der Waals surface area (Å²) in [4.78, 5) is 18.9. The lowest BCUT2D eigenvalue weighted by Gasteiger charge is -2.06. The Bertz CT molecular complexity index is 628. The largest absolute Gasteiger partial charge is 0.290 e. The van der Waals surface area contributed by atoms with Crippen LogP contribution in [0.25, 0.3) is 0 Å². The summed E-state index contributed by atoms with van der Waals surface area (Å²) in [5.41, 5.74) is -0.926. The van der Waals surface area contributed by atoms with Crippen molar-refractivity contribution in [1.29, 1.82) is 0 Å². The molecule has 1 amide bonds. The van der Waals surface area contributed by atoms with Crippen molar-refractivity contribution < 1.29 is 18.0 Å². The van der Waals surface area contributed by atoms with E-state index in [9.17, 15) is 18.0 Å². The Morgan fingerprint density at radius 3 is 2.42 bits per heavy atom. The highest BCUT2D eigenvalue weighted by Gasteiger charge is 2.19. The molecule has 1 aromatic carbocycles. The zero-order valence-electron chi connectivity index (χ0n) is 9.12. The minimum atomic E-state index is -1.32. The highest BCUT2D eigenvalue weighted by molar-refractivity contribution is 6.29. The third kappa shape index (κ3) is 3.00. The molecule has 0 aliphatic carbocycles. The number of nitrogens with zero attached hydrogens (tertiary/aromatic N) is 2. The third-order valence-electron chi connectivity index (χ3n) is 2.08. The highest BCUT2D eigenvalue weighted by atomic mass is 35.5. The van der Waals surface area contributed by atoms with E-state index in [1.54, 1.807) is 0 Å². The fraction of sp³-hybridized carbons (Fsp3) is 0. The molecule has 0 saturated heterocycles. The lowest BCUT2D eigenvalue weighted by atomic mass is 10.2. The molecule has 8 heteroatoms. The van der Waals surface area contributed by atoms with Crippen molar-refractivity contribution in [3.63, 3.8) is 0 Å².